The Morgan fingerprint density at radius 2 is 1.73 bits per heavy atom. The average Bonchev–Trinajstić information content (AvgIpc) is 2.57. The van der Waals surface area contributed by atoms with Gasteiger partial charge in [0.25, 0.3) is 0 Å². The molecule has 3 rings (SSSR count). The molecule has 2 heterocycles. The fourth-order valence-electron chi connectivity index (χ4n) is 3.12. The number of nitrogens with zero attached hydrogens (tertiary/aromatic N) is 1. The van der Waals surface area contributed by atoms with Crippen LogP contribution in [0.2, 0.25) is 0 Å². The van der Waals surface area contributed by atoms with Gasteiger partial charge in [-0.2, -0.15) is 0 Å². The first kappa shape index (κ1) is 15.2. The topological polar surface area (TPSA) is 22.1 Å². The van der Waals surface area contributed by atoms with Gasteiger partial charge in [0.2, 0.25) is 0 Å². The lowest BCUT2D eigenvalue weighted by molar-refractivity contribution is 0.0640. The highest BCUT2D eigenvalue weighted by Gasteiger charge is 2.13. The predicted octanol–water partition coefficient (Wildman–Crippen LogP) is 4.34. The predicted molar refractivity (Wildman–Crippen MR) is 90.1 cm³/mol. The maximum atomic E-state index is 5.43. The van der Waals surface area contributed by atoms with Crippen molar-refractivity contribution in [2.45, 2.75) is 39.0 Å². The van der Waals surface area contributed by atoms with Crippen LogP contribution in [-0.4, -0.2) is 18.2 Å². The fourth-order valence-corrected chi connectivity index (χ4v) is 3.12. The molecule has 0 N–H and O–H groups in total. The lowest BCUT2D eigenvalue weighted by Gasteiger charge is -2.21. The summed E-state index contributed by atoms with van der Waals surface area (Å²) in [6, 6.07) is 11.1. The van der Waals surface area contributed by atoms with Gasteiger partial charge in [-0.05, 0) is 61.6 Å². The second kappa shape index (κ2) is 7.55. The molecule has 0 aliphatic carbocycles. The molecule has 0 atom stereocenters. The standard InChI is InChI=1S/C20H25NO/c1-16-2-4-18(5-3-16)12-20-13-19(14-21-15-20)7-6-17-8-10-22-11-9-17/h2-5,13-15,17H,6-12H2,1H3. The molecule has 1 aliphatic rings. The summed E-state index contributed by atoms with van der Waals surface area (Å²) in [5, 5.41) is 0. The summed E-state index contributed by atoms with van der Waals surface area (Å²) in [5.41, 5.74) is 5.35. The van der Waals surface area contributed by atoms with Gasteiger partial charge in [-0.25, -0.2) is 0 Å². The van der Waals surface area contributed by atoms with E-state index in [9.17, 15) is 0 Å². The second-order valence-electron chi connectivity index (χ2n) is 6.46. The molecule has 0 unspecified atom stereocenters. The van der Waals surface area contributed by atoms with E-state index in [1.807, 2.05) is 12.4 Å². The van der Waals surface area contributed by atoms with Crippen LogP contribution in [0.3, 0.4) is 0 Å². The summed E-state index contributed by atoms with van der Waals surface area (Å²) < 4.78 is 5.43. The monoisotopic (exact) mass is 295 g/mol. The lowest BCUT2D eigenvalue weighted by atomic mass is 9.93. The zero-order valence-corrected chi connectivity index (χ0v) is 13.4. The highest BCUT2D eigenvalue weighted by Crippen LogP contribution is 2.21. The van der Waals surface area contributed by atoms with Crippen LogP contribution in [0.15, 0.2) is 42.7 Å². The molecule has 0 radical (unpaired) electrons. The summed E-state index contributed by atoms with van der Waals surface area (Å²) in [6.45, 7) is 4.01. The average molecular weight is 295 g/mol. The van der Waals surface area contributed by atoms with Gasteiger partial charge in [-0.3, -0.25) is 4.98 Å². The first-order valence-corrected chi connectivity index (χ1v) is 8.36. The number of rotatable bonds is 5. The van der Waals surface area contributed by atoms with E-state index in [1.165, 1.54) is 41.5 Å². The molecule has 22 heavy (non-hydrogen) atoms. The van der Waals surface area contributed by atoms with Crippen molar-refractivity contribution in [1.82, 2.24) is 4.98 Å². The number of aryl methyl sites for hydroxylation is 2. The largest absolute Gasteiger partial charge is 0.381 e. The minimum Gasteiger partial charge on any atom is -0.381 e. The van der Waals surface area contributed by atoms with E-state index in [2.05, 4.69) is 42.2 Å². The summed E-state index contributed by atoms with van der Waals surface area (Å²) in [4.78, 5) is 4.44. The van der Waals surface area contributed by atoms with Crippen molar-refractivity contribution < 1.29 is 4.74 Å². The van der Waals surface area contributed by atoms with Crippen molar-refractivity contribution in [3.05, 3.63) is 65.0 Å². The van der Waals surface area contributed by atoms with Gasteiger partial charge >= 0.3 is 0 Å². The van der Waals surface area contributed by atoms with Crippen molar-refractivity contribution in [3.8, 4) is 0 Å². The minimum atomic E-state index is 0.828. The maximum Gasteiger partial charge on any atom is 0.0468 e. The number of pyridine rings is 1. The Bertz CT molecular complexity index is 585. The van der Waals surface area contributed by atoms with E-state index in [0.717, 1.165) is 32.0 Å². The van der Waals surface area contributed by atoms with Gasteiger partial charge in [-0.1, -0.05) is 35.9 Å². The molecule has 1 saturated heterocycles. The molecule has 1 fully saturated rings. The third-order valence-corrected chi connectivity index (χ3v) is 4.56. The van der Waals surface area contributed by atoms with E-state index in [4.69, 9.17) is 4.74 Å². The van der Waals surface area contributed by atoms with Crippen molar-refractivity contribution >= 4 is 0 Å². The molecule has 1 aromatic heterocycles. The van der Waals surface area contributed by atoms with Crippen LogP contribution < -0.4 is 0 Å². The number of ether oxygens (including phenoxy) is 1. The summed E-state index contributed by atoms with van der Waals surface area (Å²) >= 11 is 0. The van der Waals surface area contributed by atoms with Crippen molar-refractivity contribution in [3.63, 3.8) is 0 Å². The van der Waals surface area contributed by atoms with Gasteiger partial charge in [0.15, 0.2) is 0 Å². The number of hydrogen-bond donors (Lipinski definition) is 0. The van der Waals surface area contributed by atoms with Crippen molar-refractivity contribution in [2.24, 2.45) is 5.92 Å². The zero-order valence-electron chi connectivity index (χ0n) is 13.4. The quantitative estimate of drug-likeness (QED) is 0.818. The summed E-state index contributed by atoms with van der Waals surface area (Å²) in [7, 11) is 0. The van der Waals surface area contributed by atoms with Crippen LogP contribution >= 0.6 is 0 Å². The van der Waals surface area contributed by atoms with Crippen molar-refractivity contribution in [1.29, 1.82) is 0 Å². The molecular weight excluding hydrogens is 270 g/mol. The number of hydrogen-bond acceptors (Lipinski definition) is 2. The summed E-state index contributed by atoms with van der Waals surface area (Å²) in [5.74, 6) is 0.828. The van der Waals surface area contributed by atoms with Crippen LogP contribution in [0, 0.1) is 12.8 Å². The van der Waals surface area contributed by atoms with Gasteiger partial charge in [0.05, 0.1) is 0 Å². The minimum absolute atomic E-state index is 0.828. The van der Waals surface area contributed by atoms with Crippen LogP contribution in [0.1, 0.15) is 41.5 Å². The van der Waals surface area contributed by atoms with Gasteiger partial charge < -0.3 is 4.74 Å². The van der Waals surface area contributed by atoms with Crippen molar-refractivity contribution in [2.75, 3.05) is 13.2 Å². The molecule has 116 valence electrons. The zero-order chi connectivity index (χ0) is 15.2. The SMILES string of the molecule is Cc1ccc(Cc2cncc(CCC3CCOCC3)c2)cc1. The van der Waals surface area contributed by atoms with Gasteiger partial charge in [-0.15, -0.1) is 0 Å². The lowest BCUT2D eigenvalue weighted by Crippen LogP contribution is -2.16. The molecule has 1 aromatic carbocycles. The molecule has 2 nitrogen and oxygen atoms in total. The van der Waals surface area contributed by atoms with E-state index in [0.29, 0.717) is 0 Å². The smallest absolute Gasteiger partial charge is 0.0468 e. The van der Waals surface area contributed by atoms with Crippen LogP contribution in [-0.2, 0) is 17.6 Å². The Morgan fingerprint density at radius 3 is 2.50 bits per heavy atom. The highest BCUT2D eigenvalue weighted by molar-refractivity contribution is 5.28. The van der Waals surface area contributed by atoms with E-state index in [-0.39, 0.29) is 0 Å². The Balaban J connectivity index is 1.58. The van der Waals surface area contributed by atoms with Crippen LogP contribution in [0.4, 0.5) is 0 Å². The Morgan fingerprint density at radius 1 is 1.00 bits per heavy atom. The van der Waals surface area contributed by atoms with Crippen LogP contribution in [0.25, 0.3) is 0 Å². The molecule has 1 aliphatic heterocycles. The van der Waals surface area contributed by atoms with E-state index < -0.39 is 0 Å². The van der Waals surface area contributed by atoms with E-state index in [1.54, 1.807) is 0 Å². The fraction of sp³-hybridized carbons (Fsp3) is 0.450. The third kappa shape index (κ3) is 4.41. The highest BCUT2D eigenvalue weighted by atomic mass is 16.5. The third-order valence-electron chi connectivity index (χ3n) is 4.56. The summed E-state index contributed by atoms with van der Waals surface area (Å²) in [6.07, 6.45) is 9.83. The number of benzene rings is 1. The molecule has 2 aromatic rings. The second-order valence-corrected chi connectivity index (χ2v) is 6.46. The first-order valence-electron chi connectivity index (χ1n) is 8.36. The van der Waals surface area contributed by atoms with Gasteiger partial charge in [0, 0.05) is 25.6 Å². The Kier molecular flexibility index (Phi) is 5.23. The van der Waals surface area contributed by atoms with Crippen LogP contribution in [0.5, 0.6) is 0 Å². The molecule has 0 saturated carbocycles. The Labute approximate surface area is 133 Å². The van der Waals surface area contributed by atoms with Gasteiger partial charge in [0.1, 0.15) is 0 Å². The molecule has 0 bridgehead atoms. The molecular formula is C20H25NO. The molecule has 0 amide bonds. The number of aromatic nitrogens is 1. The molecule has 0 spiro atoms. The molecule has 2 heteroatoms. The normalized spacial score (nSPS) is 15.9. The first-order chi connectivity index (χ1) is 10.8. The Hall–Kier alpha value is -1.67. The van der Waals surface area contributed by atoms with E-state index >= 15 is 0 Å². The maximum absolute atomic E-state index is 5.43.